The minimum atomic E-state index is -0.553. The highest BCUT2D eigenvalue weighted by atomic mass is 79.9. The zero-order valence-corrected chi connectivity index (χ0v) is 14.0. The number of halogens is 1. The maximum atomic E-state index is 12.8. The second-order valence-corrected chi connectivity index (χ2v) is 6.80. The van der Waals surface area contributed by atoms with Gasteiger partial charge in [0.05, 0.1) is 6.61 Å². The van der Waals surface area contributed by atoms with Gasteiger partial charge in [-0.05, 0) is 50.3 Å². The number of ether oxygens (including phenoxy) is 2. The van der Waals surface area contributed by atoms with Crippen LogP contribution in [0.4, 0.5) is 0 Å². The molecule has 0 N–H and O–H groups in total. The van der Waals surface area contributed by atoms with Gasteiger partial charge >= 0.3 is 0 Å². The summed E-state index contributed by atoms with van der Waals surface area (Å²) in [6.45, 7) is 3.27. The van der Waals surface area contributed by atoms with Crippen molar-refractivity contribution in [2.45, 2.75) is 51.0 Å². The van der Waals surface area contributed by atoms with Crippen LogP contribution in [0.2, 0.25) is 0 Å². The summed E-state index contributed by atoms with van der Waals surface area (Å²) < 4.78 is 12.6. The van der Waals surface area contributed by atoms with Gasteiger partial charge in [-0.15, -0.1) is 0 Å². The van der Waals surface area contributed by atoms with Crippen molar-refractivity contribution >= 4 is 21.7 Å². The SMILES string of the molecule is CCOC1(C(=O)Cc2cc(Br)cc3c2OCC3)CCCC1. The van der Waals surface area contributed by atoms with Crippen molar-refractivity contribution in [3.63, 3.8) is 0 Å². The van der Waals surface area contributed by atoms with Gasteiger partial charge in [-0.25, -0.2) is 0 Å². The highest BCUT2D eigenvalue weighted by Gasteiger charge is 2.41. The summed E-state index contributed by atoms with van der Waals surface area (Å²) >= 11 is 3.54. The Morgan fingerprint density at radius 3 is 2.86 bits per heavy atom. The number of Topliss-reactive ketones (excluding diaryl/α,β-unsaturated/α-hetero) is 1. The first kappa shape index (κ1) is 15.0. The number of rotatable bonds is 5. The highest BCUT2D eigenvalue weighted by molar-refractivity contribution is 9.10. The molecule has 2 aliphatic rings. The molecule has 3 nitrogen and oxygen atoms in total. The van der Waals surface area contributed by atoms with Crippen molar-refractivity contribution in [1.29, 1.82) is 0 Å². The number of ketones is 1. The third-order valence-electron chi connectivity index (χ3n) is 4.52. The number of carbonyl (C=O) groups is 1. The fourth-order valence-corrected chi connectivity index (χ4v) is 4.09. The lowest BCUT2D eigenvalue weighted by atomic mass is 9.90. The van der Waals surface area contributed by atoms with Crippen LogP contribution in [0.25, 0.3) is 0 Å². The Morgan fingerprint density at radius 1 is 1.38 bits per heavy atom. The van der Waals surface area contributed by atoms with Crippen LogP contribution in [0.1, 0.15) is 43.7 Å². The third kappa shape index (κ3) is 2.88. The molecule has 3 rings (SSSR count). The van der Waals surface area contributed by atoms with E-state index in [9.17, 15) is 4.79 Å². The van der Waals surface area contributed by atoms with E-state index in [0.29, 0.717) is 19.6 Å². The van der Waals surface area contributed by atoms with Crippen LogP contribution in [-0.2, 0) is 22.4 Å². The Labute approximate surface area is 134 Å². The molecular formula is C17H21BrO3. The molecule has 1 saturated carbocycles. The van der Waals surface area contributed by atoms with Gasteiger partial charge in [0.1, 0.15) is 11.4 Å². The van der Waals surface area contributed by atoms with E-state index >= 15 is 0 Å². The fraction of sp³-hybridized carbons (Fsp3) is 0.588. The maximum Gasteiger partial charge on any atom is 0.169 e. The van der Waals surface area contributed by atoms with Crippen molar-refractivity contribution in [3.05, 3.63) is 27.7 Å². The molecule has 0 saturated heterocycles. The quantitative estimate of drug-likeness (QED) is 0.807. The summed E-state index contributed by atoms with van der Waals surface area (Å²) in [5, 5.41) is 0. The maximum absolute atomic E-state index is 12.8. The van der Waals surface area contributed by atoms with Gasteiger partial charge in [0.25, 0.3) is 0 Å². The average Bonchev–Trinajstić information content (AvgIpc) is 3.08. The Morgan fingerprint density at radius 2 is 2.14 bits per heavy atom. The standard InChI is InChI=1S/C17H21BrO3/c1-2-21-17(6-3-4-7-17)15(19)11-13-10-14(18)9-12-5-8-20-16(12)13/h9-10H,2-8,11H2,1H3. The summed E-state index contributed by atoms with van der Waals surface area (Å²) in [5.41, 5.74) is 1.64. The summed E-state index contributed by atoms with van der Waals surface area (Å²) in [7, 11) is 0. The van der Waals surface area contributed by atoms with E-state index in [1.54, 1.807) is 0 Å². The Balaban J connectivity index is 1.85. The lowest BCUT2D eigenvalue weighted by molar-refractivity contribution is -0.142. The smallest absolute Gasteiger partial charge is 0.169 e. The molecule has 1 heterocycles. The average molecular weight is 353 g/mol. The molecule has 0 aromatic heterocycles. The zero-order chi connectivity index (χ0) is 14.9. The summed E-state index contributed by atoms with van der Waals surface area (Å²) in [5.74, 6) is 1.12. The third-order valence-corrected chi connectivity index (χ3v) is 4.97. The Bertz CT molecular complexity index is 547. The number of carbonyl (C=O) groups excluding carboxylic acids is 1. The summed E-state index contributed by atoms with van der Waals surface area (Å²) in [6.07, 6.45) is 5.21. The van der Waals surface area contributed by atoms with E-state index in [2.05, 4.69) is 22.0 Å². The van der Waals surface area contributed by atoms with Crippen LogP contribution < -0.4 is 4.74 Å². The first-order valence-corrected chi connectivity index (χ1v) is 8.55. The number of fused-ring (bicyclic) bond motifs is 1. The topological polar surface area (TPSA) is 35.5 Å². The van der Waals surface area contributed by atoms with E-state index in [0.717, 1.165) is 47.9 Å². The normalized spacial score (nSPS) is 19.3. The Kier molecular flexibility index (Phi) is 4.36. The molecule has 0 atom stereocenters. The van der Waals surface area contributed by atoms with Crippen LogP contribution >= 0.6 is 15.9 Å². The van der Waals surface area contributed by atoms with E-state index in [-0.39, 0.29) is 5.78 Å². The van der Waals surface area contributed by atoms with Crippen molar-refractivity contribution in [2.75, 3.05) is 13.2 Å². The molecule has 0 amide bonds. The molecule has 114 valence electrons. The molecular weight excluding hydrogens is 332 g/mol. The first-order valence-electron chi connectivity index (χ1n) is 7.76. The fourth-order valence-electron chi connectivity index (χ4n) is 3.54. The van der Waals surface area contributed by atoms with E-state index in [1.165, 1.54) is 5.56 Å². The van der Waals surface area contributed by atoms with Crippen LogP contribution in [0.5, 0.6) is 5.75 Å². The van der Waals surface area contributed by atoms with Gasteiger partial charge in [-0.2, -0.15) is 0 Å². The number of hydrogen-bond donors (Lipinski definition) is 0. The van der Waals surface area contributed by atoms with Crippen molar-refractivity contribution in [2.24, 2.45) is 0 Å². The minimum absolute atomic E-state index is 0.206. The lowest BCUT2D eigenvalue weighted by Crippen LogP contribution is -2.40. The van der Waals surface area contributed by atoms with Gasteiger partial charge in [-0.1, -0.05) is 15.9 Å². The minimum Gasteiger partial charge on any atom is -0.493 e. The molecule has 21 heavy (non-hydrogen) atoms. The molecule has 0 bridgehead atoms. The van der Waals surface area contributed by atoms with Gasteiger partial charge in [-0.3, -0.25) is 4.79 Å². The molecule has 1 aromatic rings. The first-order chi connectivity index (χ1) is 10.1. The molecule has 0 spiro atoms. The summed E-state index contributed by atoms with van der Waals surface area (Å²) in [6, 6.07) is 4.10. The molecule has 0 unspecified atom stereocenters. The largest absolute Gasteiger partial charge is 0.493 e. The summed E-state index contributed by atoms with van der Waals surface area (Å²) in [4.78, 5) is 12.8. The molecule has 4 heteroatoms. The van der Waals surface area contributed by atoms with Crippen LogP contribution in [-0.4, -0.2) is 24.6 Å². The van der Waals surface area contributed by atoms with E-state index in [4.69, 9.17) is 9.47 Å². The van der Waals surface area contributed by atoms with Gasteiger partial charge in [0, 0.05) is 29.5 Å². The zero-order valence-electron chi connectivity index (χ0n) is 12.4. The predicted molar refractivity (Wildman–Crippen MR) is 84.9 cm³/mol. The van der Waals surface area contributed by atoms with Gasteiger partial charge < -0.3 is 9.47 Å². The van der Waals surface area contributed by atoms with Crippen molar-refractivity contribution in [1.82, 2.24) is 0 Å². The second kappa shape index (κ2) is 6.09. The van der Waals surface area contributed by atoms with Crippen LogP contribution in [0.15, 0.2) is 16.6 Å². The number of benzene rings is 1. The molecule has 1 aliphatic heterocycles. The monoisotopic (exact) mass is 352 g/mol. The second-order valence-electron chi connectivity index (χ2n) is 5.89. The molecule has 1 aromatic carbocycles. The van der Waals surface area contributed by atoms with E-state index in [1.807, 2.05) is 13.0 Å². The van der Waals surface area contributed by atoms with E-state index < -0.39 is 5.60 Å². The number of hydrogen-bond acceptors (Lipinski definition) is 3. The van der Waals surface area contributed by atoms with Gasteiger partial charge in [0.2, 0.25) is 0 Å². The molecule has 0 radical (unpaired) electrons. The molecule has 1 aliphatic carbocycles. The molecule has 1 fully saturated rings. The van der Waals surface area contributed by atoms with Crippen molar-refractivity contribution in [3.8, 4) is 5.75 Å². The van der Waals surface area contributed by atoms with Crippen LogP contribution in [0, 0.1) is 0 Å². The van der Waals surface area contributed by atoms with Gasteiger partial charge in [0.15, 0.2) is 5.78 Å². The predicted octanol–water partition coefficient (Wildman–Crippen LogP) is 3.84. The van der Waals surface area contributed by atoms with Crippen LogP contribution in [0.3, 0.4) is 0 Å². The van der Waals surface area contributed by atoms with Crippen molar-refractivity contribution < 1.29 is 14.3 Å². The highest BCUT2D eigenvalue weighted by Crippen LogP contribution is 2.38. The Hall–Kier alpha value is -0.870. The lowest BCUT2D eigenvalue weighted by Gasteiger charge is -2.27.